The fourth-order valence-corrected chi connectivity index (χ4v) is 4.01. The first-order chi connectivity index (χ1) is 13.8. The van der Waals surface area contributed by atoms with E-state index in [1.807, 2.05) is 6.08 Å². The summed E-state index contributed by atoms with van der Waals surface area (Å²) in [5.41, 5.74) is 10.2. The van der Waals surface area contributed by atoms with Crippen molar-refractivity contribution in [1.29, 1.82) is 0 Å². The van der Waals surface area contributed by atoms with Crippen molar-refractivity contribution in [2.24, 2.45) is 5.73 Å². The number of carboxylic acids is 1. The third-order valence-corrected chi connectivity index (χ3v) is 5.66. The van der Waals surface area contributed by atoms with Gasteiger partial charge in [0, 0.05) is 31.9 Å². The van der Waals surface area contributed by atoms with Crippen LogP contribution in [0.15, 0.2) is 22.6 Å². The summed E-state index contributed by atoms with van der Waals surface area (Å²) in [6.07, 6.45) is 5.76. The highest BCUT2D eigenvalue weighted by Gasteiger charge is 2.33. The minimum atomic E-state index is -1.45. The molecule has 4 rings (SSSR count). The number of nitrogens with zero attached hydrogens (tertiary/aromatic N) is 2. The van der Waals surface area contributed by atoms with Crippen LogP contribution in [0.2, 0.25) is 0 Å². The number of aromatic carboxylic acids is 1. The van der Waals surface area contributed by atoms with Gasteiger partial charge in [-0.25, -0.2) is 13.6 Å². The maximum absolute atomic E-state index is 15.6. The van der Waals surface area contributed by atoms with Crippen LogP contribution < -0.4 is 21.8 Å². The molecule has 7 nitrogen and oxygen atoms in total. The number of carbonyl (C=O) groups is 1. The maximum Gasteiger partial charge on any atom is 0.341 e. The van der Waals surface area contributed by atoms with E-state index in [4.69, 9.17) is 11.5 Å². The van der Waals surface area contributed by atoms with Crippen LogP contribution in [0.1, 0.15) is 42.1 Å². The molecule has 5 N–H and O–H groups in total. The zero-order valence-corrected chi connectivity index (χ0v) is 15.8. The van der Waals surface area contributed by atoms with Gasteiger partial charge in [0.1, 0.15) is 11.3 Å². The van der Waals surface area contributed by atoms with Crippen molar-refractivity contribution in [2.75, 3.05) is 30.3 Å². The van der Waals surface area contributed by atoms with E-state index in [2.05, 4.69) is 0 Å². The van der Waals surface area contributed by atoms with Gasteiger partial charge >= 0.3 is 5.97 Å². The lowest BCUT2D eigenvalue weighted by Gasteiger charge is -2.32. The summed E-state index contributed by atoms with van der Waals surface area (Å²) in [5, 5.41) is 8.94. The summed E-state index contributed by atoms with van der Waals surface area (Å²) in [4.78, 5) is 25.7. The monoisotopic (exact) mass is 404 g/mol. The molecule has 1 saturated carbocycles. The van der Waals surface area contributed by atoms with Crippen molar-refractivity contribution in [2.45, 2.75) is 31.7 Å². The van der Waals surface area contributed by atoms with Crippen molar-refractivity contribution in [3.8, 4) is 0 Å². The van der Waals surface area contributed by atoms with E-state index in [1.54, 1.807) is 4.90 Å². The van der Waals surface area contributed by atoms with Gasteiger partial charge < -0.3 is 26.0 Å². The van der Waals surface area contributed by atoms with Gasteiger partial charge in [0.15, 0.2) is 11.6 Å². The molecular formula is C20H22F2N4O3. The van der Waals surface area contributed by atoms with Gasteiger partial charge in [-0.05, 0) is 25.7 Å². The second-order valence-corrected chi connectivity index (χ2v) is 7.51. The summed E-state index contributed by atoms with van der Waals surface area (Å²) in [5.74, 6) is -3.35. The van der Waals surface area contributed by atoms with E-state index < -0.39 is 39.7 Å². The molecule has 1 aromatic carbocycles. The van der Waals surface area contributed by atoms with E-state index in [9.17, 15) is 14.7 Å². The number of halogens is 2. The number of nitrogens with two attached hydrogens (primary N) is 2. The standard InChI is InChI=1S/C20H22F2N4O3/c21-14-16(24)13-17(26(11-1-2-11)9-12(19(13)27)20(28)29)15(22)18(14)25-7-4-10(3-6-23)5-8-25/h3,9,11H,1-2,4-8,23-24H2,(H,28,29). The predicted molar refractivity (Wildman–Crippen MR) is 106 cm³/mol. The topological polar surface area (TPSA) is 115 Å². The lowest BCUT2D eigenvalue weighted by atomic mass is 10.0. The van der Waals surface area contributed by atoms with E-state index in [0.29, 0.717) is 32.5 Å². The van der Waals surface area contributed by atoms with Crippen molar-refractivity contribution in [3.63, 3.8) is 0 Å². The number of fused-ring (bicyclic) bond motifs is 1. The Balaban J connectivity index is 1.94. The molecule has 2 fully saturated rings. The van der Waals surface area contributed by atoms with Crippen LogP contribution >= 0.6 is 0 Å². The Kier molecular flexibility index (Phi) is 4.77. The zero-order valence-electron chi connectivity index (χ0n) is 15.8. The molecule has 2 aliphatic rings. The van der Waals surface area contributed by atoms with Crippen LogP contribution in [0.25, 0.3) is 10.9 Å². The van der Waals surface area contributed by atoms with Gasteiger partial charge in [-0.2, -0.15) is 0 Å². The average Bonchev–Trinajstić information content (AvgIpc) is 3.52. The van der Waals surface area contributed by atoms with Crippen molar-refractivity contribution >= 4 is 28.2 Å². The Bertz CT molecular complexity index is 1100. The van der Waals surface area contributed by atoms with Gasteiger partial charge in [-0.15, -0.1) is 0 Å². The molecule has 0 unspecified atom stereocenters. The number of hydrogen-bond acceptors (Lipinski definition) is 5. The SMILES string of the molecule is NCC=C1CCN(c2c(F)c(N)c3c(=O)c(C(=O)O)cn(C4CC4)c3c2F)CC1. The van der Waals surface area contributed by atoms with Crippen LogP contribution in [-0.4, -0.2) is 35.3 Å². The highest BCUT2D eigenvalue weighted by Crippen LogP contribution is 2.42. The third kappa shape index (κ3) is 3.15. The van der Waals surface area contributed by atoms with Crippen molar-refractivity contribution < 1.29 is 18.7 Å². The number of rotatable bonds is 4. The number of aromatic nitrogens is 1. The van der Waals surface area contributed by atoms with Gasteiger partial charge in [0.05, 0.1) is 16.6 Å². The first kappa shape index (κ1) is 19.4. The lowest BCUT2D eigenvalue weighted by Crippen LogP contribution is -2.33. The van der Waals surface area contributed by atoms with Gasteiger partial charge in [-0.3, -0.25) is 4.79 Å². The van der Waals surface area contributed by atoms with Crippen molar-refractivity contribution in [3.05, 3.63) is 45.3 Å². The summed E-state index contributed by atoms with van der Waals surface area (Å²) in [6.45, 7) is 1.21. The Morgan fingerprint density at radius 1 is 1.24 bits per heavy atom. The Hall–Kier alpha value is -2.94. The van der Waals surface area contributed by atoms with Gasteiger partial charge in [0.2, 0.25) is 5.43 Å². The summed E-state index contributed by atoms with van der Waals surface area (Å²) >= 11 is 0. The molecule has 0 bridgehead atoms. The fourth-order valence-electron chi connectivity index (χ4n) is 4.01. The van der Waals surface area contributed by atoms with Crippen LogP contribution in [0.4, 0.5) is 20.2 Å². The number of nitrogen functional groups attached to an aromatic ring is 1. The molecule has 1 aromatic heterocycles. The highest BCUT2D eigenvalue weighted by atomic mass is 19.1. The molecular weight excluding hydrogens is 382 g/mol. The molecule has 0 radical (unpaired) electrons. The second kappa shape index (κ2) is 7.14. The quantitative estimate of drug-likeness (QED) is 0.532. The minimum Gasteiger partial charge on any atom is -0.477 e. The zero-order chi connectivity index (χ0) is 20.9. The van der Waals surface area contributed by atoms with Gasteiger partial charge in [0.25, 0.3) is 0 Å². The molecule has 2 aromatic rings. The number of piperidine rings is 1. The minimum absolute atomic E-state index is 0.125. The average molecular weight is 404 g/mol. The molecule has 1 aliphatic heterocycles. The summed E-state index contributed by atoms with van der Waals surface area (Å²) < 4.78 is 32.2. The molecule has 1 aliphatic carbocycles. The van der Waals surface area contributed by atoms with Gasteiger partial charge in [-0.1, -0.05) is 11.6 Å². The maximum atomic E-state index is 15.6. The second-order valence-electron chi connectivity index (χ2n) is 7.51. The number of hydrogen-bond donors (Lipinski definition) is 3. The summed E-state index contributed by atoms with van der Waals surface area (Å²) in [7, 11) is 0. The first-order valence-corrected chi connectivity index (χ1v) is 9.56. The molecule has 0 atom stereocenters. The Morgan fingerprint density at radius 2 is 1.90 bits per heavy atom. The Morgan fingerprint density at radius 3 is 2.45 bits per heavy atom. The molecule has 154 valence electrons. The van der Waals surface area contributed by atoms with Crippen LogP contribution in [0.3, 0.4) is 0 Å². The normalized spacial score (nSPS) is 17.1. The van der Waals surface area contributed by atoms with E-state index in [0.717, 1.165) is 24.6 Å². The highest BCUT2D eigenvalue weighted by molar-refractivity contribution is 5.99. The molecule has 2 heterocycles. The number of anilines is 2. The number of carboxylic acid groups (broad SMARTS) is 1. The molecule has 1 saturated heterocycles. The summed E-state index contributed by atoms with van der Waals surface area (Å²) in [6, 6.07) is -0.135. The fraction of sp³-hybridized carbons (Fsp3) is 0.400. The molecule has 0 spiro atoms. The number of benzene rings is 1. The van der Waals surface area contributed by atoms with Crippen LogP contribution in [-0.2, 0) is 0 Å². The first-order valence-electron chi connectivity index (χ1n) is 9.56. The van der Waals surface area contributed by atoms with E-state index >= 15 is 8.78 Å². The smallest absolute Gasteiger partial charge is 0.341 e. The van der Waals surface area contributed by atoms with E-state index in [1.165, 1.54) is 4.57 Å². The molecule has 29 heavy (non-hydrogen) atoms. The van der Waals surface area contributed by atoms with E-state index in [-0.39, 0.29) is 17.2 Å². The largest absolute Gasteiger partial charge is 0.477 e. The Labute approximate surface area is 165 Å². The van der Waals surface area contributed by atoms with Crippen LogP contribution in [0, 0.1) is 11.6 Å². The van der Waals surface area contributed by atoms with Crippen molar-refractivity contribution in [1.82, 2.24) is 4.57 Å². The molecule has 9 heteroatoms. The predicted octanol–water partition coefficient (Wildman–Crippen LogP) is 2.38. The third-order valence-electron chi connectivity index (χ3n) is 5.66. The number of pyridine rings is 1. The molecule has 0 amide bonds. The lowest BCUT2D eigenvalue weighted by molar-refractivity contribution is 0.0695. The van der Waals surface area contributed by atoms with Crippen LogP contribution in [0.5, 0.6) is 0 Å².